The maximum absolute atomic E-state index is 11.9. The predicted octanol–water partition coefficient (Wildman–Crippen LogP) is 1.03. The van der Waals surface area contributed by atoms with Crippen molar-refractivity contribution in [2.45, 2.75) is 18.0 Å². The van der Waals surface area contributed by atoms with E-state index in [0.717, 1.165) is 11.1 Å². The molecule has 19 heavy (non-hydrogen) atoms. The predicted molar refractivity (Wildman–Crippen MR) is 69.8 cm³/mol. The van der Waals surface area contributed by atoms with Crippen LogP contribution in [0.25, 0.3) is 0 Å². The summed E-state index contributed by atoms with van der Waals surface area (Å²) in [6, 6.07) is 7.53. The summed E-state index contributed by atoms with van der Waals surface area (Å²) < 4.78 is 31.5. The minimum Gasteiger partial charge on any atom is -0.380 e. The zero-order chi connectivity index (χ0) is 13.7. The zero-order valence-corrected chi connectivity index (χ0v) is 11.3. The molecule has 0 bridgehead atoms. The van der Waals surface area contributed by atoms with Gasteiger partial charge in [-0.15, -0.1) is 0 Å². The smallest absolute Gasteiger partial charge is 0.243 e. The first-order valence-corrected chi connectivity index (χ1v) is 7.16. The summed E-state index contributed by atoms with van der Waals surface area (Å²) in [5, 5.41) is 6.10. The molecule has 0 amide bonds. The van der Waals surface area contributed by atoms with Crippen molar-refractivity contribution in [2.24, 2.45) is 0 Å². The van der Waals surface area contributed by atoms with Gasteiger partial charge < -0.3 is 4.74 Å². The van der Waals surface area contributed by atoms with Gasteiger partial charge in [-0.3, -0.25) is 5.10 Å². The fraction of sp³-hybridized carbons (Fsp3) is 0.250. The molecule has 102 valence electrons. The van der Waals surface area contributed by atoms with E-state index in [1.807, 2.05) is 24.3 Å². The Bertz CT molecular complexity index is 623. The Morgan fingerprint density at radius 1 is 1.32 bits per heavy atom. The Morgan fingerprint density at radius 2 is 2.05 bits per heavy atom. The number of nitrogens with one attached hydrogen (secondary N) is 2. The van der Waals surface area contributed by atoms with Crippen molar-refractivity contribution in [3.8, 4) is 0 Å². The standard InChI is InChI=1S/C12H15N3O3S/c1-18-9-11-5-3-2-4-10(11)6-15-19(16,17)12-7-13-14-8-12/h2-5,7-8,15H,6,9H2,1H3,(H,13,14). The monoisotopic (exact) mass is 281 g/mol. The Balaban J connectivity index is 2.11. The van der Waals surface area contributed by atoms with Crippen molar-refractivity contribution in [3.05, 3.63) is 47.8 Å². The van der Waals surface area contributed by atoms with Crippen LogP contribution in [0.15, 0.2) is 41.6 Å². The third-order valence-corrected chi connectivity index (χ3v) is 4.02. The lowest BCUT2D eigenvalue weighted by Crippen LogP contribution is -2.23. The van der Waals surface area contributed by atoms with Gasteiger partial charge in [-0.2, -0.15) is 5.10 Å². The van der Waals surface area contributed by atoms with E-state index < -0.39 is 10.0 Å². The number of H-pyrrole nitrogens is 1. The summed E-state index contributed by atoms with van der Waals surface area (Å²) in [6.45, 7) is 0.663. The van der Waals surface area contributed by atoms with Gasteiger partial charge >= 0.3 is 0 Å². The quantitative estimate of drug-likeness (QED) is 0.828. The highest BCUT2D eigenvalue weighted by Gasteiger charge is 2.15. The molecule has 1 aromatic carbocycles. The van der Waals surface area contributed by atoms with Gasteiger partial charge in [0.05, 0.1) is 12.8 Å². The van der Waals surface area contributed by atoms with Crippen LogP contribution in [0.3, 0.4) is 0 Å². The van der Waals surface area contributed by atoms with E-state index >= 15 is 0 Å². The highest BCUT2D eigenvalue weighted by atomic mass is 32.2. The number of rotatable bonds is 6. The van der Waals surface area contributed by atoms with Gasteiger partial charge in [-0.1, -0.05) is 24.3 Å². The number of aromatic amines is 1. The Kier molecular flexibility index (Phi) is 4.31. The van der Waals surface area contributed by atoms with E-state index in [1.165, 1.54) is 12.4 Å². The van der Waals surface area contributed by atoms with Gasteiger partial charge in [0, 0.05) is 19.9 Å². The van der Waals surface area contributed by atoms with Crippen LogP contribution in [0, 0.1) is 0 Å². The molecule has 0 saturated carbocycles. The molecule has 0 aliphatic heterocycles. The second-order valence-corrected chi connectivity index (χ2v) is 5.73. The van der Waals surface area contributed by atoms with E-state index in [9.17, 15) is 8.42 Å². The van der Waals surface area contributed by atoms with Crippen LogP contribution in [-0.2, 0) is 27.9 Å². The molecule has 1 aromatic heterocycles. The summed E-state index contributed by atoms with van der Waals surface area (Å²) in [7, 11) is -1.93. The average molecular weight is 281 g/mol. The number of nitrogens with zero attached hydrogens (tertiary/aromatic N) is 1. The third-order valence-electron chi connectivity index (χ3n) is 2.65. The van der Waals surface area contributed by atoms with E-state index in [4.69, 9.17) is 4.74 Å². The first-order valence-electron chi connectivity index (χ1n) is 5.67. The number of aromatic nitrogens is 2. The maximum Gasteiger partial charge on any atom is 0.243 e. The van der Waals surface area contributed by atoms with E-state index in [2.05, 4.69) is 14.9 Å². The van der Waals surface area contributed by atoms with Crippen LogP contribution in [0.2, 0.25) is 0 Å². The molecule has 0 aliphatic rings. The lowest BCUT2D eigenvalue weighted by molar-refractivity contribution is 0.184. The summed E-state index contributed by atoms with van der Waals surface area (Å²) in [4.78, 5) is 0.122. The molecule has 0 radical (unpaired) electrons. The first kappa shape index (κ1) is 13.7. The normalized spacial score (nSPS) is 11.6. The number of hydrogen-bond donors (Lipinski definition) is 2. The molecule has 2 N–H and O–H groups in total. The third kappa shape index (κ3) is 3.40. The molecule has 0 spiro atoms. The molecule has 0 fully saturated rings. The molecule has 6 nitrogen and oxygen atoms in total. The number of benzene rings is 1. The highest BCUT2D eigenvalue weighted by molar-refractivity contribution is 7.89. The van der Waals surface area contributed by atoms with Crippen LogP contribution in [0.5, 0.6) is 0 Å². The number of hydrogen-bond acceptors (Lipinski definition) is 4. The summed E-state index contributed by atoms with van der Waals surface area (Å²) in [5.41, 5.74) is 1.84. The Labute approximate surface area is 111 Å². The molecule has 0 aliphatic carbocycles. The second kappa shape index (κ2) is 5.96. The molecule has 0 unspecified atom stereocenters. The number of methoxy groups -OCH3 is 1. The average Bonchev–Trinajstić information content (AvgIpc) is 2.93. The van der Waals surface area contributed by atoms with Crippen molar-refractivity contribution < 1.29 is 13.2 Å². The van der Waals surface area contributed by atoms with Gasteiger partial charge in [-0.25, -0.2) is 13.1 Å². The first-order chi connectivity index (χ1) is 9.13. The molecular weight excluding hydrogens is 266 g/mol. The van der Waals surface area contributed by atoms with Crippen LogP contribution >= 0.6 is 0 Å². The highest BCUT2D eigenvalue weighted by Crippen LogP contribution is 2.11. The summed E-state index contributed by atoms with van der Waals surface area (Å²) >= 11 is 0. The molecule has 2 rings (SSSR count). The van der Waals surface area contributed by atoms with Crippen molar-refractivity contribution in [1.29, 1.82) is 0 Å². The lowest BCUT2D eigenvalue weighted by Gasteiger charge is -2.09. The second-order valence-electron chi connectivity index (χ2n) is 3.96. The summed E-state index contributed by atoms with van der Waals surface area (Å²) in [6.07, 6.45) is 2.60. The number of ether oxygens (including phenoxy) is 1. The van der Waals surface area contributed by atoms with Crippen molar-refractivity contribution in [1.82, 2.24) is 14.9 Å². The summed E-state index contributed by atoms with van der Waals surface area (Å²) in [5.74, 6) is 0. The molecule has 0 atom stereocenters. The fourth-order valence-corrected chi connectivity index (χ4v) is 2.58. The van der Waals surface area contributed by atoms with Gasteiger partial charge in [0.1, 0.15) is 4.90 Å². The minimum absolute atomic E-state index is 0.122. The van der Waals surface area contributed by atoms with E-state index in [0.29, 0.717) is 6.61 Å². The van der Waals surface area contributed by atoms with Crippen molar-refractivity contribution in [3.63, 3.8) is 0 Å². The Morgan fingerprint density at radius 3 is 2.68 bits per heavy atom. The molecule has 7 heteroatoms. The minimum atomic E-state index is -3.53. The molecule has 2 aromatic rings. The van der Waals surface area contributed by atoms with Gasteiger partial charge in [0.25, 0.3) is 0 Å². The number of sulfonamides is 1. The fourth-order valence-electron chi connectivity index (χ4n) is 1.67. The van der Waals surface area contributed by atoms with Crippen LogP contribution < -0.4 is 4.72 Å². The van der Waals surface area contributed by atoms with E-state index in [-0.39, 0.29) is 11.4 Å². The van der Waals surface area contributed by atoms with Gasteiger partial charge in [0.2, 0.25) is 10.0 Å². The lowest BCUT2D eigenvalue weighted by atomic mass is 10.1. The topological polar surface area (TPSA) is 84.1 Å². The molecule has 0 saturated heterocycles. The SMILES string of the molecule is COCc1ccccc1CNS(=O)(=O)c1cn[nH]c1. The van der Waals surface area contributed by atoms with Gasteiger partial charge in [0.15, 0.2) is 0 Å². The Hall–Kier alpha value is -1.70. The zero-order valence-electron chi connectivity index (χ0n) is 10.5. The van der Waals surface area contributed by atoms with Crippen molar-refractivity contribution in [2.75, 3.05) is 7.11 Å². The van der Waals surface area contributed by atoms with Crippen LogP contribution in [0.4, 0.5) is 0 Å². The largest absolute Gasteiger partial charge is 0.380 e. The molecular formula is C12H15N3O3S. The van der Waals surface area contributed by atoms with Crippen molar-refractivity contribution >= 4 is 10.0 Å². The maximum atomic E-state index is 11.9. The van der Waals surface area contributed by atoms with Gasteiger partial charge in [-0.05, 0) is 11.1 Å². The van der Waals surface area contributed by atoms with Crippen LogP contribution in [-0.4, -0.2) is 25.7 Å². The van der Waals surface area contributed by atoms with E-state index in [1.54, 1.807) is 7.11 Å². The molecule has 1 heterocycles. The van der Waals surface area contributed by atoms with Crippen LogP contribution in [0.1, 0.15) is 11.1 Å².